The van der Waals surface area contributed by atoms with Crippen LogP contribution in [0, 0.1) is 6.92 Å². The number of nitrogens with zero attached hydrogens (tertiary/aromatic N) is 3. The Morgan fingerprint density at radius 2 is 1.78 bits per heavy atom. The van der Waals surface area contributed by atoms with Gasteiger partial charge < -0.3 is 20.2 Å². The van der Waals surface area contributed by atoms with Gasteiger partial charge in [0.25, 0.3) is 15.1 Å². The highest BCUT2D eigenvalue weighted by molar-refractivity contribution is 8.03. The number of nitrogens with one attached hydrogen (secondary N) is 1. The van der Waals surface area contributed by atoms with Crippen LogP contribution in [0.15, 0.2) is 125 Å². The first kappa shape index (κ1) is 41.9. The molecule has 13 heteroatoms. The number of aromatic nitrogens is 1. The summed E-state index contributed by atoms with van der Waals surface area (Å²) in [6, 6.07) is 29.8. The van der Waals surface area contributed by atoms with Crippen molar-refractivity contribution in [2.24, 2.45) is 0 Å². The molecule has 59 heavy (non-hydrogen) atoms. The molecule has 0 saturated carbocycles. The highest BCUT2D eigenvalue weighted by Gasteiger charge is 2.28. The molecule has 10 nitrogen and oxygen atoms in total. The van der Waals surface area contributed by atoms with Crippen LogP contribution in [0.1, 0.15) is 56.0 Å². The standard InChI is InChI=1S/C46H48N4O6S3/c1-3-33(29-45-50(25-12-26-59(54,55)56)40-30-35(20-22-42(40)58-45)34-13-5-4-6-14-34)28-44-49(39-27-32(2)19-21-41(39)57-44)24-10-8-18-43(51)47-36-15-11-16-37(31-36)48-23-9-7-17-38(48)46(52)53/h4-7,9,11,13-16,19-22,27-31,38H,3,8,10,12,17-18,23-26H2,1-2H3,(H2-,47,51,52,53,54,55,56)/p+1. The molecule has 0 fully saturated rings. The molecule has 7 rings (SSSR count). The quantitative estimate of drug-likeness (QED) is 0.0385. The summed E-state index contributed by atoms with van der Waals surface area (Å²) in [5, 5.41) is 14.9. The second kappa shape index (κ2) is 18.8. The smallest absolute Gasteiger partial charge is 0.326 e. The van der Waals surface area contributed by atoms with Crippen molar-refractivity contribution in [3.05, 3.63) is 130 Å². The minimum Gasteiger partial charge on any atom is -0.480 e. The molecule has 2 aliphatic rings. The summed E-state index contributed by atoms with van der Waals surface area (Å²) in [5.74, 6) is -1.27. The fourth-order valence-corrected chi connectivity index (χ4v) is 10.3. The largest absolute Gasteiger partial charge is 0.480 e. The summed E-state index contributed by atoms with van der Waals surface area (Å²) in [6.07, 6.45) is 11.6. The topological polar surface area (TPSA) is 131 Å². The summed E-state index contributed by atoms with van der Waals surface area (Å²) < 4.78 is 36.1. The van der Waals surface area contributed by atoms with Gasteiger partial charge in [-0.25, -0.2) is 4.79 Å². The van der Waals surface area contributed by atoms with E-state index in [1.165, 1.54) is 10.5 Å². The van der Waals surface area contributed by atoms with Crippen LogP contribution < -0.4 is 19.7 Å². The lowest BCUT2D eigenvalue weighted by Crippen LogP contribution is -2.43. The molecule has 2 aliphatic heterocycles. The molecule has 0 radical (unpaired) electrons. The fourth-order valence-electron chi connectivity index (χ4n) is 7.49. The van der Waals surface area contributed by atoms with E-state index in [9.17, 15) is 27.7 Å². The lowest BCUT2D eigenvalue weighted by atomic mass is 10.1. The van der Waals surface area contributed by atoms with E-state index in [2.05, 4.69) is 89.3 Å². The predicted molar refractivity (Wildman–Crippen MR) is 241 cm³/mol. The van der Waals surface area contributed by atoms with Crippen LogP contribution in [-0.2, 0) is 26.3 Å². The number of carbonyl (C=O) groups is 2. The molecule has 3 heterocycles. The van der Waals surface area contributed by atoms with E-state index in [4.69, 9.17) is 0 Å². The number of thiazole rings is 1. The van der Waals surface area contributed by atoms with Gasteiger partial charge in [0.2, 0.25) is 11.4 Å². The second-order valence-electron chi connectivity index (χ2n) is 14.8. The average Bonchev–Trinajstić information content (AvgIpc) is 3.74. The molecule has 0 spiro atoms. The number of aliphatic carboxylic acids is 1. The van der Waals surface area contributed by atoms with Crippen LogP contribution in [0.2, 0.25) is 0 Å². The van der Waals surface area contributed by atoms with Gasteiger partial charge in [0.15, 0.2) is 6.54 Å². The van der Waals surface area contributed by atoms with Crippen LogP contribution in [0.3, 0.4) is 0 Å². The molecule has 0 bridgehead atoms. The summed E-state index contributed by atoms with van der Waals surface area (Å²) in [7, 11) is -4.10. The van der Waals surface area contributed by atoms with E-state index in [1.54, 1.807) is 23.1 Å². The lowest BCUT2D eigenvalue weighted by Gasteiger charge is -2.32. The first-order valence-corrected chi connectivity index (χ1v) is 23.2. The van der Waals surface area contributed by atoms with Gasteiger partial charge in [-0.3, -0.25) is 9.35 Å². The molecule has 306 valence electrons. The van der Waals surface area contributed by atoms with Crippen molar-refractivity contribution >= 4 is 78.4 Å². The monoisotopic (exact) mass is 849 g/mol. The number of thioether (sulfide) groups is 1. The van der Waals surface area contributed by atoms with E-state index < -0.39 is 22.1 Å². The van der Waals surface area contributed by atoms with Crippen LogP contribution in [0.25, 0.3) is 27.4 Å². The number of amides is 1. The normalized spacial score (nSPS) is 16.2. The van der Waals surface area contributed by atoms with Gasteiger partial charge in [-0.1, -0.05) is 90.7 Å². The van der Waals surface area contributed by atoms with Crippen LogP contribution in [-0.4, -0.2) is 54.8 Å². The number of aryl methyl sites for hydroxylation is 2. The Morgan fingerprint density at radius 3 is 2.56 bits per heavy atom. The number of rotatable bonds is 16. The Bertz CT molecular complexity index is 2550. The Hall–Kier alpha value is -5.21. The Balaban J connectivity index is 1.08. The van der Waals surface area contributed by atoms with Crippen LogP contribution >= 0.6 is 23.1 Å². The first-order valence-electron chi connectivity index (χ1n) is 20.0. The van der Waals surface area contributed by atoms with E-state index >= 15 is 0 Å². The fraction of sp³-hybridized carbons (Fsp3) is 0.283. The van der Waals surface area contributed by atoms with Crippen molar-refractivity contribution in [1.29, 1.82) is 0 Å². The van der Waals surface area contributed by atoms with Crippen LogP contribution in [0.4, 0.5) is 17.1 Å². The van der Waals surface area contributed by atoms with Gasteiger partial charge >= 0.3 is 5.97 Å². The molecular formula is C46H49N4O6S3+. The maximum Gasteiger partial charge on any atom is 0.326 e. The third-order valence-corrected chi connectivity index (χ3v) is 13.5. The highest BCUT2D eigenvalue weighted by Crippen LogP contribution is 2.47. The van der Waals surface area contributed by atoms with Crippen molar-refractivity contribution in [3.8, 4) is 11.1 Å². The van der Waals surface area contributed by atoms with Gasteiger partial charge in [0.05, 0.1) is 16.5 Å². The molecule has 1 aromatic heterocycles. The summed E-state index contributed by atoms with van der Waals surface area (Å²) in [4.78, 5) is 30.3. The SMILES string of the molecule is CCC(/C=C1\Sc2ccc(C)cc2N1CCCCC(=O)Nc1cccc(N2CC=CCC2C(=O)O)c1)=C\c1sc2ccc(-c3ccccc3)cc2[n+]1CCCS(=O)(=O)O. The minimum atomic E-state index is -4.10. The van der Waals surface area contributed by atoms with Gasteiger partial charge in [-0.05, 0) is 97.3 Å². The number of carbonyl (C=O) groups excluding carboxylic acids is 1. The van der Waals surface area contributed by atoms with Crippen molar-refractivity contribution in [2.45, 2.75) is 69.9 Å². The Labute approximate surface area is 354 Å². The lowest BCUT2D eigenvalue weighted by molar-refractivity contribution is -0.668. The highest BCUT2D eigenvalue weighted by atomic mass is 32.2. The molecule has 1 amide bonds. The number of allylic oxidation sites excluding steroid dienone is 2. The zero-order valence-corrected chi connectivity index (χ0v) is 35.7. The van der Waals surface area contributed by atoms with Crippen molar-refractivity contribution in [3.63, 3.8) is 0 Å². The van der Waals surface area contributed by atoms with Crippen LogP contribution in [0.5, 0.6) is 0 Å². The zero-order chi connectivity index (χ0) is 41.5. The van der Waals surface area contributed by atoms with Gasteiger partial charge in [-0.15, -0.1) is 0 Å². The number of anilines is 3. The summed E-state index contributed by atoms with van der Waals surface area (Å²) in [5.41, 5.74) is 8.05. The van der Waals surface area contributed by atoms with Gasteiger partial charge in [0.1, 0.15) is 10.7 Å². The predicted octanol–water partition coefficient (Wildman–Crippen LogP) is 9.72. The average molecular weight is 850 g/mol. The van der Waals surface area contributed by atoms with E-state index in [1.807, 2.05) is 59.5 Å². The minimum absolute atomic E-state index is 0.0846. The third-order valence-electron chi connectivity index (χ3n) is 10.5. The molecule has 0 saturated heterocycles. The van der Waals surface area contributed by atoms with E-state index in [-0.39, 0.29) is 18.1 Å². The number of carboxylic acids is 1. The molecule has 1 unspecified atom stereocenters. The Kier molecular flexibility index (Phi) is 13.4. The maximum absolute atomic E-state index is 13.1. The maximum atomic E-state index is 13.1. The number of hydrogen-bond acceptors (Lipinski definition) is 8. The third kappa shape index (κ3) is 10.5. The van der Waals surface area contributed by atoms with Gasteiger partial charge in [0, 0.05) is 54.3 Å². The Morgan fingerprint density at radius 1 is 0.949 bits per heavy atom. The number of benzene rings is 4. The first-order chi connectivity index (χ1) is 28.5. The number of unbranched alkanes of at least 4 members (excludes halogenated alkanes) is 1. The molecular weight excluding hydrogens is 801 g/mol. The van der Waals surface area contributed by atoms with E-state index in [0.29, 0.717) is 38.0 Å². The molecule has 3 N–H and O–H groups in total. The van der Waals surface area contributed by atoms with Crippen molar-refractivity contribution in [2.75, 3.05) is 34.0 Å². The molecule has 1 atom stereocenters. The number of hydrogen-bond donors (Lipinski definition) is 3. The summed E-state index contributed by atoms with van der Waals surface area (Å²) in [6.45, 7) is 5.89. The molecule has 4 aromatic carbocycles. The van der Waals surface area contributed by atoms with Crippen molar-refractivity contribution in [1.82, 2.24) is 0 Å². The van der Waals surface area contributed by atoms with E-state index in [0.717, 1.165) is 67.7 Å². The second-order valence-corrected chi connectivity index (χ2v) is 18.5. The molecule has 5 aromatic rings. The molecule has 0 aliphatic carbocycles. The van der Waals surface area contributed by atoms with Gasteiger partial charge in [-0.2, -0.15) is 13.0 Å². The zero-order valence-electron chi connectivity index (χ0n) is 33.2. The summed E-state index contributed by atoms with van der Waals surface area (Å²) >= 11 is 3.40. The number of carboxylic acid groups (broad SMARTS) is 1. The number of fused-ring (bicyclic) bond motifs is 2. The van der Waals surface area contributed by atoms with Crippen molar-refractivity contribution < 1.29 is 32.2 Å².